The number of thioether (sulfide) groups is 1. The molecule has 0 amide bonds. The first-order valence-corrected chi connectivity index (χ1v) is 10.9. The number of benzene rings is 1. The second-order valence-electron chi connectivity index (χ2n) is 6.85. The summed E-state index contributed by atoms with van der Waals surface area (Å²) in [5.74, 6) is 0.859. The number of anilines is 2. The van der Waals surface area contributed by atoms with Crippen LogP contribution >= 0.6 is 24.0 Å². The van der Waals surface area contributed by atoms with Gasteiger partial charge in [-0.25, -0.2) is 0 Å². The van der Waals surface area contributed by atoms with Crippen molar-refractivity contribution in [3.63, 3.8) is 0 Å². The van der Waals surface area contributed by atoms with Crippen molar-refractivity contribution in [3.8, 4) is 0 Å². The molecule has 3 rings (SSSR count). The molecule has 0 aliphatic carbocycles. The van der Waals surface area contributed by atoms with E-state index in [4.69, 9.17) is 17.6 Å². The van der Waals surface area contributed by atoms with Gasteiger partial charge >= 0.3 is 0 Å². The molecule has 7 heteroatoms. The Bertz CT molecular complexity index is 605. The number of thiocarbonyl (C=S) groups is 1. The quantitative estimate of drug-likeness (QED) is 0.413. The van der Waals surface area contributed by atoms with Crippen LogP contribution in [0, 0.1) is 5.41 Å². The van der Waals surface area contributed by atoms with Crippen LogP contribution in [0.1, 0.15) is 32.6 Å². The van der Waals surface area contributed by atoms with E-state index >= 15 is 0 Å². The van der Waals surface area contributed by atoms with E-state index in [2.05, 4.69) is 44.7 Å². The van der Waals surface area contributed by atoms with E-state index in [0.717, 1.165) is 30.6 Å². The fraction of sp³-hybridized carbons (Fsp3) is 0.579. The predicted molar refractivity (Wildman–Crippen MR) is 118 cm³/mol. The summed E-state index contributed by atoms with van der Waals surface area (Å²) >= 11 is 6.69. The topological polar surface area (TPSA) is 54.4 Å². The minimum absolute atomic E-state index is 0.377. The van der Waals surface area contributed by atoms with Gasteiger partial charge in [0.1, 0.15) is 0 Å². The van der Waals surface area contributed by atoms with E-state index in [1.54, 1.807) is 0 Å². The number of amidine groups is 1. The minimum Gasteiger partial charge on any atom is -0.371 e. The van der Waals surface area contributed by atoms with Crippen LogP contribution in [0.25, 0.3) is 0 Å². The molecule has 26 heavy (non-hydrogen) atoms. The Labute approximate surface area is 166 Å². The highest BCUT2D eigenvalue weighted by Crippen LogP contribution is 2.25. The Morgan fingerprint density at radius 3 is 2.42 bits per heavy atom. The summed E-state index contributed by atoms with van der Waals surface area (Å²) < 4.78 is 0. The SMILES string of the molecule is CCSC(=N)NC(=S)Nc1ccc(N2CCC(N3CCCC3)CC2)cc1. The van der Waals surface area contributed by atoms with Crippen LogP contribution in [0.4, 0.5) is 11.4 Å². The highest BCUT2D eigenvalue weighted by atomic mass is 32.2. The van der Waals surface area contributed by atoms with Crippen molar-refractivity contribution in [3.05, 3.63) is 24.3 Å². The summed E-state index contributed by atoms with van der Waals surface area (Å²) in [6, 6.07) is 9.23. The highest BCUT2D eigenvalue weighted by Gasteiger charge is 2.26. The molecule has 0 saturated carbocycles. The average Bonchev–Trinajstić information content (AvgIpc) is 3.17. The molecule has 0 aromatic heterocycles. The third kappa shape index (κ3) is 5.34. The Morgan fingerprint density at radius 2 is 1.81 bits per heavy atom. The smallest absolute Gasteiger partial charge is 0.176 e. The van der Waals surface area contributed by atoms with Gasteiger partial charge in [0.2, 0.25) is 0 Å². The molecule has 142 valence electrons. The molecule has 0 unspecified atom stereocenters. The van der Waals surface area contributed by atoms with Crippen molar-refractivity contribution in [1.82, 2.24) is 10.2 Å². The third-order valence-electron chi connectivity index (χ3n) is 5.13. The second-order valence-corrected chi connectivity index (χ2v) is 8.53. The van der Waals surface area contributed by atoms with Gasteiger partial charge in [-0.1, -0.05) is 18.7 Å². The van der Waals surface area contributed by atoms with Gasteiger partial charge in [0, 0.05) is 30.5 Å². The highest BCUT2D eigenvalue weighted by molar-refractivity contribution is 8.13. The molecule has 3 N–H and O–H groups in total. The van der Waals surface area contributed by atoms with Gasteiger partial charge in [-0.2, -0.15) is 0 Å². The summed E-state index contributed by atoms with van der Waals surface area (Å²) in [4.78, 5) is 5.17. The number of hydrogen-bond donors (Lipinski definition) is 3. The summed E-state index contributed by atoms with van der Waals surface area (Å²) in [5, 5.41) is 14.6. The van der Waals surface area contributed by atoms with E-state index in [1.165, 1.54) is 56.2 Å². The maximum atomic E-state index is 7.75. The van der Waals surface area contributed by atoms with E-state index in [-0.39, 0.29) is 0 Å². The number of hydrogen-bond acceptors (Lipinski definition) is 5. The molecule has 5 nitrogen and oxygen atoms in total. The van der Waals surface area contributed by atoms with Gasteiger partial charge in [0.05, 0.1) is 0 Å². The summed E-state index contributed by atoms with van der Waals surface area (Å²) in [5.41, 5.74) is 2.23. The van der Waals surface area contributed by atoms with Gasteiger partial charge in [-0.3, -0.25) is 5.41 Å². The minimum atomic E-state index is 0.377. The first-order chi connectivity index (χ1) is 12.7. The van der Waals surface area contributed by atoms with Gasteiger partial charge in [0.15, 0.2) is 10.3 Å². The van der Waals surface area contributed by atoms with Crippen LogP contribution in [0.5, 0.6) is 0 Å². The van der Waals surface area contributed by atoms with E-state index in [0.29, 0.717) is 10.3 Å². The van der Waals surface area contributed by atoms with E-state index < -0.39 is 0 Å². The maximum absolute atomic E-state index is 7.75. The maximum Gasteiger partial charge on any atom is 0.176 e. The molecule has 0 atom stereocenters. The Morgan fingerprint density at radius 1 is 1.15 bits per heavy atom. The van der Waals surface area contributed by atoms with Gasteiger partial charge < -0.3 is 20.4 Å². The van der Waals surface area contributed by atoms with Crippen molar-refractivity contribution in [2.45, 2.75) is 38.6 Å². The van der Waals surface area contributed by atoms with E-state index in [9.17, 15) is 0 Å². The molecule has 1 aromatic rings. The zero-order valence-electron chi connectivity index (χ0n) is 15.5. The molecular formula is C19H29N5S2. The summed E-state index contributed by atoms with van der Waals surface area (Å²) in [7, 11) is 0. The molecule has 2 saturated heterocycles. The summed E-state index contributed by atoms with van der Waals surface area (Å²) in [6.07, 6.45) is 5.29. The molecule has 2 fully saturated rings. The van der Waals surface area contributed by atoms with Crippen LogP contribution in [-0.4, -0.2) is 53.2 Å². The zero-order chi connectivity index (χ0) is 18.4. The fourth-order valence-electron chi connectivity index (χ4n) is 3.80. The number of piperidine rings is 1. The average molecular weight is 392 g/mol. The predicted octanol–water partition coefficient (Wildman–Crippen LogP) is 3.73. The van der Waals surface area contributed by atoms with Crippen molar-refractivity contribution in [2.24, 2.45) is 0 Å². The van der Waals surface area contributed by atoms with Crippen molar-refractivity contribution < 1.29 is 0 Å². The third-order valence-corrected chi connectivity index (χ3v) is 6.01. The van der Waals surface area contributed by atoms with Crippen LogP contribution in [0.15, 0.2) is 24.3 Å². The van der Waals surface area contributed by atoms with Crippen LogP contribution in [0.2, 0.25) is 0 Å². The molecular weight excluding hydrogens is 362 g/mol. The number of nitrogens with zero attached hydrogens (tertiary/aromatic N) is 2. The van der Waals surface area contributed by atoms with Crippen LogP contribution < -0.4 is 15.5 Å². The van der Waals surface area contributed by atoms with Crippen LogP contribution in [0.3, 0.4) is 0 Å². The lowest BCUT2D eigenvalue weighted by Gasteiger charge is -2.37. The zero-order valence-corrected chi connectivity index (χ0v) is 17.1. The molecule has 0 radical (unpaired) electrons. The summed E-state index contributed by atoms with van der Waals surface area (Å²) in [6.45, 7) is 6.89. The molecule has 1 aromatic carbocycles. The van der Waals surface area contributed by atoms with Gasteiger partial charge in [-0.15, -0.1) is 0 Å². The number of likely N-dealkylation sites (tertiary alicyclic amines) is 1. The lowest BCUT2D eigenvalue weighted by Crippen LogP contribution is -2.43. The van der Waals surface area contributed by atoms with Crippen molar-refractivity contribution in [1.29, 1.82) is 5.41 Å². The standard InChI is InChI=1S/C19H29N5S2/c1-2-26-18(20)22-19(25)21-15-5-7-16(8-6-15)24-13-9-17(10-14-24)23-11-3-4-12-23/h5-8,17H,2-4,9-14H2,1H3,(H3,20,21,22,25). The first kappa shape index (κ1) is 19.5. The lowest BCUT2D eigenvalue weighted by atomic mass is 10.0. The Kier molecular flexibility index (Phi) is 7.16. The Hall–Kier alpha value is -1.31. The molecule has 2 aliphatic rings. The first-order valence-electron chi connectivity index (χ1n) is 9.54. The van der Waals surface area contributed by atoms with Gasteiger partial charge in [-0.05, 0) is 81.0 Å². The lowest BCUT2D eigenvalue weighted by molar-refractivity contribution is 0.208. The molecule has 2 aliphatic heterocycles. The number of rotatable bonds is 4. The Balaban J connectivity index is 1.47. The van der Waals surface area contributed by atoms with E-state index in [1.807, 2.05) is 6.92 Å². The van der Waals surface area contributed by atoms with Crippen molar-refractivity contribution >= 4 is 45.6 Å². The second kappa shape index (κ2) is 9.58. The monoisotopic (exact) mass is 391 g/mol. The molecule has 0 bridgehead atoms. The number of nitrogens with one attached hydrogen (secondary N) is 3. The van der Waals surface area contributed by atoms with Gasteiger partial charge in [0.25, 0.3) is 0 Å². The largest absolute Gasteiger partial charge is 0.371 e. The van der Waals surface area contributed by atoms with Crippen LogP contribution in [-0.2, 0) is 0 Å². The molecule has 0 spiro atoms. The molecule has 2 heterocycles. The normalized spacial score (nSPS) is 18.7. The fourth-order valence-corrected chi connectivity index (χ4v) is 4.54. The van der Waals surface area contributed by atoms with Crippen molar-refractivity contribution in [2.75, 3.05) is 42.1 Å².